The summed E-state index contributed by atoms with van der Waals surface area (Å²) < 4.78 is 8.03. The second-order valence-electron chi connectivity index (χ2n) is 3.28. The zero-order valence-corrected chi connectivity index (χ0v) is 10.4. The summed E-state index contributed by atoms with van der Waals surface area (Å²) in [5.74, 6) is 0.804. The van der Waals surface area contributed by atoms with Crippen LogP contribution in [0.25, 0.3) is 5.69 Å². The van der Waals surface area contributed by atoms with Gasteiger partial charge in [0.15, 0.2) is 0 Å². The summed E-state index contributed by atoms with van der Waals surface area (Å²) in [5.41, 5.74) is 7.60. The molecule has 0 aliphatic rings. The summed E-state index contributed by atoms with van der Waals surface area (Å²) in [4.78, 5) is 4.08. The number of hydrogen-bond donors (Lipinski definition) is 1. The smallest absolute Gasteiger partial charge is 0.133 e. The number of hydrogen-bond acceptors (Lipinski definition) is 3. The molecule has 0 bridgehead atoms. The van der Waals surface area contributed by atoms with E-state index in [1.165, 1.54) is 0 Å². The van der Waals surface area contributed by atoms with Crippen LogP contribution in [-0.2, 0) is 6.54 Å². The Morgan fingerprint density at radius 3 is 2.94 bits per heavy atom. The number of rotatable bonds is 3. The number of ether oxygens (including phenoxy) is 1. The number of benzene rings is 1. The summed E-state index contributed by atoms with van der Waals surface area (Å²) >= 11 is 3.45. The summed E-state index contributed by atoms with van der Waals surface area (Å²) in [6, 6.07) is 5.84. The van der Waals surface area contributed by atoms with Crippen molar-refractivity contribution in [1.82, 2.24) is 9.55 Å². The molecular formula is C11H12BrN3O. The predicted molar refractivity (Wildman–Crippen MR) is 65.7 cm³/mol. The molecule has 0 fully saturated rings. The minimum atomic E-state index is 0.462. The predicted octanol–water partition coefficient (Wildman–Crippen LogP) is 2.10. The summed E-state index contributed by atoms with van der Waals surface area (Å²) in [7, 11) is 1.64. The van der Waals surface area contributed by atoms with Gasteiger partial charge in [0.1, 0.15) is 5.75 Å². The zero-order chi connectivity index (χ0) is 11.5. The maximum atomic E-state index is 5.63. The largest absolute Gasteiger partial charge is 0.496 e. The molecule has 2 N–H and O–H groups in total. The first-order valence-electron chi connectivity index (χ1n) is 4.81. The van der Waals surface area contributed by atoms with Crippen molar-refractivity contribution >= 4 is 15.9 Å². The number of methoxy groups -OCH3 is 1. The Morgan fingerprint density at radius 2 is 2.31 bits per heavy atom. The van der Waals surface area contributed by atoms with Crippen LogP contribution in [0.5, 0.6) is 5.75 Å². The molecule has 0 radical (unpaired) electrons. The summed E-state index contributed by atoms with van der Waals surface area (Å²) in [6.45, 7) is 0.462. The van der Waals surface area contributed by atoms with Crippen LogP contribution in [0.15, 0.2) is 35.2 Å². The Balaban J connectivity index is 2.45. The first-order valence-corrected chi connectivity index (χ1v) is 5.60. The van der Waals surface area contributed by atoms with Gasteiger partial charge >= 0.3 is 0 Å². The van der Waals surface area contributed by atoms with Gasteiger partial charge in [-0.2, -0.15) is 0 Å². The monoisotopic (exact) mass is 281 g/mol. The third-order valence-corrected chi connectivity index (χ3v) is 2.96. The van der Waals surface area contributed by atoms with Crippen LogP contribution in [0, 0.1) is 0 Å². The third-order valence-electron chi connectivity index (χ3n) is 2.34. The van der Waals surface area contributed by atoms with Crippen molar-refractivity contribution in [2.75, 3.05) is 7.11 Å². The number of nitrogens with two attached hydrogens (primary N) is 1. The molecule has 0 saturated heterocycles. The van der Waals surface area contributed by atoms with E-state index in [-0.39, 0.29) is 0 Å². The van der Waals surface area contributed by atoms with E-state index in [0.29, 0.717) is 6.54 Å². The van der Waals surface area contributed by atoms with Crippen LogP contribution < -0.4 is 10.5 Å². The lowest BCUT2D eigenvalue weighted by molar-refractivity contribution is 0.412. The van der Waals surface area contributed by atoms with Crippen molar-refractivity contribution in [2.45, 2.75) is 6.54 Å². The van der Waals surface area contributed by atoms with Gasteiger partial charge in [0.2, 0.25) is 0 Å². The van der Waals surface area contributed by atoms with Gasteiger partial charge in [-0.05, 0) is 34.1 Å². The number of nitrogens with zero attached hydrogens (tertiary/aromatic N) is 2. The molecule has 0 spiro atoms. The molecule has 0 unspecified atom stereocenters. The van der Waals surface area contributed by atoms with Crippen molar-refractivity contribution in [1.29, 1.82) is 0 Å². The van der Waals surface area contributed by atoms with E-state index < -0.39 is 0 Å². The molecule has 0 aliphatic carbocycles. The minimum Gasteiger partial charge on any atom is -0.496 e. The first-order chi connectivity index (χ1) is 7.76. The maximum Gasteiger partial charge on any atom is 0.133 e. The van der Waals surface area contributed by atoms with Gasteiger partial charge in [-0.15, -0.1) is 0 Å². The Hall–Kier alpha value is -1.33. The molecule has 1 aromatic carbocycles. The van der Waals surface area contributed by atoms with Crippen LogP contribution in [0.1, 0.15) is 5.69 Å². The van der Waals surface area contributed by atoms with Crippen molar-refractivity contribution in [3.63, 3.8) is 0 Å². The maximum absolute atomic E-state index is 5.63. The van der Waals surface area contributed by atoms with E-state index in [1.807, 2.05) is 22.8 Å². The lowest BCUT2D eigenvalue weighted by Crippen LogP contribution is -2.04. The van der Waals surface area contributed by atoms with Gasteiger partial charge in [0.05, 0.1) is 23.6 Å². The lowest BCUT2D eigenvalue weighted by atomic mass is 10.3. The second kappa shape index (κ2) is 4.67. The molecule has 0 atom stereocenters. The van der Waals surface area contributed by atoms with Crippen LogP contribution in [0.3, 0.4) is 0 Å². The Kier molecular flexibility index (Phi) is 3.26. The molecule has 5 heteroatoms. The molecule has 2 aromatic rings. The highest BCUT2D eigenvalue weighted by Gasteiger charge is 2.05. The van der Waals surface area contributed by atoms with Crippen LogP contribution in [0.4, 0.5) is 0 Å². The van der Waals surface area contributed by atoms with E-state index in [9.17, 15) is 0 Å². The molecular weight excluding hydrogens is 270 g/mol. The molecule has 2 rings (SSSR count). The first kappa shape index (κ1) is 11.2. The van der Waals surface area contributed by atoms with E-state index in [2.05, 4.69) is 20.9 Å². The molecule has 1 aromatic heterocycles. The second-order valence-corrected chi connectivity index (χ2v) is 4.13. The van der Waals surface area contributed by atoms with Gasteiger partial charge < -0.3 is 15.0 Å². The van der Waals surface area contributed by atoms with Crippen LogP contribution >= 0.6 is 15.9 Å². The van der Waals surface area contributed by atoms with Gasteiger partial charge in [-0.25, -0.2) is 4.98 Å². The standard InChI is InChI=1S/C11H12BrN3O/c1-16-11-3-2-8(4-10(11)12)15-7-14-6-9(15)5-13/h2-4,6-7H,5,13H2,1H3. The fraction of sp³-hybridized carbons (Fsp3) is 0.182. The topological polar surface area (TPSA) is 53.1 Å². The average molecular weight is 282 g/mol. The Bertz CT molecular complexity index is 496. The zero-order valence-electron chi connectivity index (χ0n) is 8.85. The van der Waals surface area contributed by atoms with E-state index >= 15 is 0 Å². The Morgan fingerprint density at radius 1 is 1.50 bits per heavy atom. The fourth-order valence-corrected chi connectivity index (χ4v) is 2.04. The van der Waals surface area contributed by atoms with Gasteiger partial charge in [-0.3, -0.25) is 0 Å². The highest BCUT2D eigenvalue weighted by molar-refractivity contribution is 9.10. The van der Waals surface area contributed by atoms with Gasteiger partial charge in [-0.1, -0.05) is 0 Å². The number of halogens is 1. The SMILES string of the molecule is COc1ccc(-n2cncc2CN)cc1Br. The molecule has 4 nitrogen and oxygen atoms in total. The minimum absolute atomic E-state index is 0.462. The molecule has 1 heterocycles. The number of imidazole rings is 1. The Labute approximate surface area is 102 Å². The quantitative estimate of drug-likeness (QED) is 0.938. The van der Waals surface area contributed by atoms with Crippen molar-refractivity contribution < 1.29 is 4.74 Å². The normalized spacial score (nSPS) is 10.4. The highest BCUT2D eigenvalue weighted by Crippen LogP contribution is 2.27. The summed E-state index contributed by atoms with van der Waals surface area (Å²) in [6.07, 6.45) is 3.51. The van der Waals surface area contributed by atoms with Crippen molar-refractivity contribution in [3.05, 3.63) is 40.9 Å². The van der Waals surface area contributed by atoms with E-state index in [4.69, 9.17) is 10.5 Å². The third kappa shape index (κ3) is 1.96. The van der Waals surface area contributed by atoms with Crippen molar-refractivity contribution in [3.8, 4) is 11.4 Å². The van der Waals surface area contributed by atoms with Crippen LogP contribution in [-0.4, -0.2) is 16.7 Å². The molecule has 0 aliphatic heterocycles. The lowest BCUT2D eigenvalue weighted by Gasteiger charge is -2.09. The van der Waals surface area contributed by atoms with Crippen LogP contribution in [0.2, 0.25) is 0 Å². The van der Waals surface area contributed by atoms with E-state index in [0.717, 1.165) is 21.6 Å². The molecule has 0 amide bonds. The van der Waals surface area contributed by atoms with Gasteiger partial charge in [0.25, 0.3) is 0 Å². The summed E-state index contributed by atoms with van der Waals surface area (Å²) in [5, 5.41) is 0. The molecule has 0 saturated carbocycles. The fourth-order valence-electron chi connectivity index (χ4n) is 1.51. The number of aromatic nitrogens is 2. The molecule has 16 heavy (non-hydrogen) atoms. The highest BCUT2D eigenvalue weighted by atomic mass is 79.9. The van der Waals surface area contributed by atoms with Gasteiger partial charge in [0, 0.05) is 18.4 Å². The average Bonchev–Trinajstić information content (AvgIpc) is 2.77. The van der Waals surface area contributed by atoms with E-state index in [1.54, 1.807) is 19.6 Å². The molecule has 84 valence electrons. The van der Waals surface area contributed by atoms with Crippen molar-refractivity contribution in [2.24, 2.45) is 5.73 Å².